The van der Waals surface area contributed by atoms with E-state index in [1.807, 2.05) is 30.3 Å². The maximum absolute atomic E-state index is 12.3. The zero-order valence-electron chi connectivity index (χ0n) is 15.4. The van der Waals surface area contributed by atoms with E-state index in [-0.39, 0.29) is 24.7 Å². The number of hydrogen-bond acceptors (Lipinski definition) is 4. The Balaban J connectivity index is 2.12. The number of rotatable bonds is 9. The van der Waals surface area contributed by atoms with Crippen LogP contribution in [0.3, 0.4) is 0 Å². The third-order valence-electron chi connectivity index (χ3n) is 3.75. The molecule has 0 saturated heterocycles. The largest absolute Gasteiger partial charge is 0.483 e. The topological polar surface area (TPSA) is 77.8 Å². The van der Waals surface area contributed by atoms with E-state index in [4.69, 9.17) is 9.47 Å². The molecule has 0 fully saturated rings. The quantitative estimate of drug-likeness (QED) is 0.537. The number of pyridine rings is 1. The Labute approximate surface area is 154 Å². The summed E-state index contributed by atoms with van der Waals surface area (Å²) < 4.78 is 12.7. The summed E-state index contributed by atoms with van der Waals surface area (Å²) in [5, 5.41) is 9.27. The molecule has 0 spiro atoms. The molecule has 0 aliphatic rings. The van der Waals surface area contributed by atoms with Crippen LogP contribution in [-0.2, 0) is 18.1 Å². The highest BCUT2D eigenvalue weighted by atomic mass is 28.3. The van der Waals surface area contributed by atoms with E-state index in [9.17, 15) is 14.7 Å². The normalized spacial score (nSPS) is 11.3. The second kappa shape index (κ2) is 8.82. The molecule has 0 aliphatic carbocycles. The van der Waals surface area contributed by atoms with E-state index in [2.05, 4.69) is 19.6 Å². The number of carboxylic acids is 1. The van der Waals surface area contributed by atoms with Crippen LogP contribution >= 0.6 is 0 Å². The average molecular weight is 375 g/mol. The van der Waals surface area contributed by atoms with E-state index in [1.54, 1.807) is 0 Å². The molecule has 1 N–H and O–H groups in total. The Morgan fingerprint density at radius 3 is 2.46 bits per heavy atom. The summed E-state index contributed by atoms with van der Waals surface area (Å²) in [4.78, 5) is 23.6. The Kier molecular flexibility index (Phi) is 6.76. The summed E-state index contributed by atoms with van der Waals surface area (Å²) in [5.41, 5.74) is -0.0679. The minimum atomic E-state index is -1.28. The van der Waals surface area contributed by atoms with Crippen molar-refractivity contribution in [3.8, 4) is 5.75 Å². The van der Waals surface area contributed by atoms with Crippen LogP contribution in [0.1, 0.15) is 15.9 Å². The van der Waals surface area contributed by atoms with Gasteiger partial charge in [0.25, 0.3) is 0 Å². The van der Waals surface area contributed by atoms with Crippen molar-refractivity contribution < 1.29 is 19.4 Å². The summed E-state index contributed by atoms with van der Waals surface area (Å²) in [6.07, 6.45) is 2.78. The van der Waals surface area contributed by atoms with Crippen molar-refractivity contribution in [2.45, 2.75) is 39.0 Å². The molecule has 0 aliphatic heterocycles. The number of nitrogens with zero attached hydrogens (tertiary/aromatic N) is 1. The predicted octanol–water partition coefficient (Wildman–Crippen LogP) is 3.44. The van der Waals surface area contributed by atoms with Crippen molar-refractivity contribution >= 4 is 14.0 Å². The Morgan fingerprint density at radius 1 is 1.15 bits per heavy atom. The van der Waals surface area contributed by atoms with Gasteiger partial charge < -0.3 is 19.1 Å². The molecule has 0 atom stereocenters. The molecule has 140 valence electrons. The van der Waals surface area contributed by atoms with Crippen LogP contribution < -0.4 is 10.2 Å². The minimum Gasteiger partial charge on any atom is -0.483 e. The summed E-state index contributed by atoms with van der Waals surface area (Å²) in [5.74, 6) is -1.28. The van der Waals surface area contributed by atoms with Gasteiger partial charge in [-0.3, -0.25) is 4.79 Å². The molecule has 2 rings (SSSR count). The van der Waals surface area contributed by atoms with Crippen molar-refractivity contribution in [3.05, 3.63) is 64.1 Å². The highest BCUT2D eigenvalue weighted by Gasteiger charge is 2.16. The molecule has 0 radical (unpaired) electrons. The lowest BCUT2D eigenvalue weighted by Gasteiger charge is -2.16. The number of carbonyl (C=O) groups is 1. The monoisotopic (exact) mass is 375 g/mol. The van der Waals surface area contributed by atoms with Gasteiger partial charge in [0.15, 0.2) is 5.75 Å². The summed E-state index contributed by atoms with van der Waals surface area (Å²) in [6, 6.07) is 10.4. The average Bonchev–Trinajstić information content (AvgIpc) is 2.58. The molecule has 1 aromatic heterocycles. The van der Waals surface area contributed by atoms with Gasteiger partial charge in [-0.1, -0.05) is 50.0 Å². The molecule has 0 amide bonds. The minimum absolute atomic E-state index is 0.00236. The van der Waals surface area contributed by atoms with Crippen LogP contribution in [0.4, 0.5) is 0 Å². The maximum atomic E-state index is 12.3. The molecule has 7 heteroatoms. The van der Waals surface area contributed by atoms with Crippen LogP contribution in [0.25, 0.3) is 0 Å². The van der Waals surface area contributed by atoms with Crippen molar-refractivity contribution in [1.29, 1.82) is 0 Å². The Bertz CT molecular complexity index is 796. The fraction of sp³-hybridized carbons (Fsp3) is 0.368. The first-order chi connectivity index (χ1) is 12.3. The van der Waals surface area contributed by atoms with Gasteiger partial charge in [-0.15, -0.1) is 0 Å². The molecule has 1 aromatic carbocycles. The summed E-state index contributed by atoms with van der Waals surface area (Å²) in [6.45, 7) is 7.74. The van der Waals surface area contributed by atoms with Crippen molar-refractivity contribution in [2.75, 3.05) is 6.61 Å². The second-order valence-corrected chi connectivity index (χ2v) is 12.9. The van der Waals surface area contributed by atoms with Crippen LogP contribution in [0.2, 0.25) is 25.7 Å². The maximum Gasteiger partial charge on any atom is 0.341 e. The number of aromatic nitrogens is 1. The van der Waals surface area contributed by atoms with E-state index in [0.29, 0.717) is 6.61 Å². The van der Waals surface area contributed by atoms with Gasteiger partial charge in [0.1, 0.15) is 18.9 Å². The lowest BCUT2D eigenvalue weighted by atomic mass is 10.2. The Hall–Kier alpha value is -2.38. The highest BCUT2D eigenvalue weighted by Crippen LogP contribution is 2.11. The highest BCUT2D eigenvalue weighted by molar-refractivity contribution is 6.76. The fourth-order valence-corrected chi connectivity index (χ4v) is 2.97. The van der Waals surface area contributed by atoms with E-state index < -0.39 is 19.5 Å². The number of benzene rings is 1. The second-order valence-electron chi connectivity index (χ2n) is 7.31. The Morgan fingerprint density at radius 2 is 1.85 bits per heavy atom. The van der Waals surface area contributed by atoms with Crippen LogP contribution in [0.5, 0.6) is 5.75 Å². The first kappa shape index (κ1) is 19.9. The molecule has 26 heavy (non-hydrogen) atoms. The summed E-state index contributed by atoms with van der Waals surface area (Å²) >= 11 is 0. The van der Waals surface area contributed by atoms with Crippen LogP contribution in [0, 0.1) is 0 Å². The number of hydrogen-bond donors (Lipinski definition) is 1. The lowest BCUT2D eigenvalue weighted by molar-refractivity contribution is 0.0686. The smallest absolute Gasteiger partial charge is 0.341 e. The van der Waals surface area contributed by atoms with Gasteiger partial charge >= 0.3 is 5.97 Å². The molecule has 1 heterocycles. The molecular weight excluding hydrogens is 350 g/mol. The lowest BCUT2D eigenvalue weighted by Crippen LogP contribution is -2.23. The number of ether oxygens (including phenoxy) is 2. The van der Waals surface area contributed by atoms with Crippen molar-refractivity contribution in [3.63, 3.8) is 0 Å². The van der Waals surface area contributed by atoms with E-state index >= 15 is 0 Å². The molecule has 0 bridgehead atoms. The van der Waals surface area contributed by atoms with Crippen molar-refractivity contribution in [1.82, 2.24) is 4.57 Å². The third kappa shape index (κ3) is 6.16. The zero-order chi connectivity index (χ0) is 19.2. The van der Waals surface area contributed by atoms with Gasteiger partial charge in [0, 0.05) is 20.9 Å². The van der Waals surface area contributed by atoms with Gasteiger partial charge in [0.05, 0.1) is 6.20 Å². The van der Waals surface area contributed by atoms with Gasteiger partial charge in [-0.05, 0) is 11.6 Å². The first-order valence-electron chi connectivity index (χ1n) is 8.48. The molecule has 0 saturated carbocycles. The number of aromatic carboxylic acids is 1. The molecule has 2 aromatic rings. The van der Waals surface area contributed by atoms with Crippen LogP contribution in [-0.4, -0.2) is 30.3 Å². The SMILES string of the molecule is C[Si](C)(C)CCOCn1cc(OCc2ccccc2)c(=O)c(C(=O)O)c1. The first-order valence-corrected chi connectivity index (χ1v) is 12.2. The summed E-state index contributed by atoms with van der Waals surface area (Å²) in [7, 11) is -1.20. The van der Waals surface area contributed by atoms with E-state index in [1.165, 1.54) is 17.0 Å². The van der Waals surface area contributed by atoms with Gasteiger partial charge in [-0.2, -0.15) is 0 Å². The standard InChI is InChI=1S/C19H25NO5Si/c1-26(2,3)10-9-24-14-20-11-16(19(22)23)18(21)17(12-20)25-13-15-7-5-4-6-8-15/h4-8,11-12H,9-10,13-14H2,1-3H3,(H,22,23). The fourth-order valence-electron chi connectivity index (χ4n) is 2.22. The van der Waals surface area contributed by atoms with Gasteiger partial charge in [-0.25, -0.2) is 4.79 Å². The van der Waals surface area contributed by atoms with Gasteiger partial charge in [0.2, 0.25) is 5.43 Å². The van der Waals surface area contributed by atoms with Crippen molar-refractivity contribution in [2.24, 2.45) is 0 Å². The number of carboxylic acid groups (broad SMARTS) is 1. The zero-order valence-corrected chi connectivity index (χ0v) is 16.4. The molecule has 0 unspecified atom stereocenters. The molecular formula is C19H25NO5Si. The third-order valence-corrected chi connectivity index (χ3v) is 5.45. The van der Waals surface area contributed by atoms with E-state index in [0.717, 1.165) is 11.6 Å². The van der Waals surface area contributed by atoms with Crippen LogP contribution in [0.15, 0.2) is 47.5 Å². The molecule has 6 nitrogen and oxygen atoms in total. The predicted molar refractivity (Wildman–Crippen MR) is 103 cm³/mol.